The summed E-state index contributed by atoms with van der Waals surface area (Å²) in [4.78, 5) is 22.3. The molecule has 6 heteroatoms. The van der Waals surface area contributed by atoms with E-state index in [4.69, 9.17) is 10.5 Å². The summed E-state index contributed by atoms with van der Waals surface area (Å²) in [5, 5.41) is 1.38. The first kappa shape index (κ1) is 17.9. The summed E-state index contributed by atoms with van der Waals surface area (Å²) in [5.74, 6) is 0.394. The summed E-state index contributed by atoms with van der Waals surface area (Å²) >= 11 is 0. The highest BCUT2D eigenvalue weighted by molar-refractivity contribution is 5.95. The minimum absolute atomic E-state index is 0.142. The molecule has 4 rings (SSSR count). The SMILES string of the molecule is COc1cncc(-c2cccc3cc([C@H](C)N)n(-c4ccccc4)c(=O)c23)n1. The van der Waals surface area contributed by atoms with Crippen LogP contribution in [0.15, 0.2) is 71.8 Å². The summed E-state index contributed by atoms with van der Waals surface area (Å²) in [6.45, 7) is 1.87. The molecule has 0 saturated heterocycles. The summed E-state index contributed by atoms with van der Waals surface area (Å²) in [6.07, 6.45) is 3.16. The van der Waals surface area contributed by atoms with Gasteiger partial charge in [-0.25, -0.2) is 4.98 Å². The van der Waals surface area contributed by atoms with Gasteiger partial charge in [0.15, 0.2) is 0 Å². The van der Waals surface area contributed by atoms with Crippen molar-refractivity contribution in [2.24, 2.45) is 5.73 Å². The number of hydrogen-bond acceptors (Lipinski definition) is 5. The summed E-state index contributed by atoms with van der Waals surface area (Å²) in [7, 11) is 1.54. The molecule has 0 aliphatic carbocycles. The van der Waals surface area contributed by atoms with E-state index >= 15 is 0 Å². The Labute approximate surface area is 162 Å². The van der Waals surface area contributed by atoms with Gasteiger partial charge in [0, 0.05) is 23.0 Å². The second kappa shape index (κ2) is 7.25. The lowest BCUT2D eigenvalue weighted by Gasteiger charge is -2.18. The van der Waals surface area contributed by atoms with Crippen LogP contribution in [0.3, 0.4) is 0 Å². The second-order valence-corrected chi connectivity index (χ2v) is 6.55. The van der Waals surface area contributed by atoms with Crippen molar-refractivity contribution in [1.29, 1.82) is 0 Å². The van der Waals surface area contributed by atoms with Gasteiger partial charge in [-0.1, -0.05) is 36.4 Å². The Kier molecular flexibility index (Phi) is 4.63. The molecule has 0 amide bonds. The van der Waals surface area contributed by atoms with Gasteiger partial charge in [-0.15, -0.1) is 0 Å². The van der Waals surface area contributed by atoms with Crippen molar-refractivity contribution in [1.82, 2.24) is 14.5 Å². The van der Waals surface area contributed by atoms with Crippen LogP contribution in [0.5, 0.6) is 5.88 Å². The highest BCUT2D eigenvalue weighted by Gasteiger charge is 2.17. The molecular weight excluding hydrogens is 352 g/mol. The summed E-state index contributed by atoms with van der Waals surface area (Å²) in [5.41, 5.74) is 8.86. The number of aromatic nitrogens is 3. The molecule has 0 unspecified atom stereocenters. The van der Waals surface area contributed by atoms with E-state index in [-0.39, 0.29) is 11.6 Å². The van der Waals surface area contributed by atoms with Crippen LogP contribution in [0.2, 0.25) is 0 Å². The number of benzene rings is 2. The van der Waals surface area contributed by atoms with E-state index in [9.17, 15) is 4.79 Å². The van der Waals surface area contributed by atoms with Gasteiger partial charge in [0.05, 0.1) is 30.6 Å². The lowest BCUT2D eigenvalue weighted by molar-refractivity contribution is 0.396. The van der Waals surface area contributed by atoms with Gasteiger partial charge in [-0.05, 0) is 30.5 Å². The predicted octanol–water partition coefficient (Wildman–Crippen LogP) is 3.48. The standard InChI is InChI=1S/C22H20N4O2/c1-14(23)19-11-15-7-6-10-17(18-12-24-13-20(25-18)28-2)21(15)22(27)26(19)16-8-4-3-5-9-16/h3-14H,23H2,1-2H3/t14-/m0/s1. The van der Waals surface area contributed by atoms with Crippen LogP contribution in [-0.2, 0) is 0 Å². The Hall–Kier alpha value is -3.51. The fraction of sp³-hybridized carbons (Fsp3) is 0.136. The van der Waals surface area contributed by atoms with Crippen molar-refractivity contribution >= 4 is 10.8 Å². The lowest BCUT2D eigenvalue weighted by Crippen LogP contribution is -2.26. The summed E-state index contributed by atoms with van der Waals surface area (Å²) < 4.78 is 6.86. The third-order valence-electron chi connectivity index (χ3n) is 4.65. The van der Waals surface area contributed by atoms with Gasteiger partial charge in [-0.2, -0.15) is 0 Å². The number of methoxy groups -OCH3 is 1. The van der Waals surface area contributed by atoms with Crippen LogP contribution in [-0.4, -0.2) is 21.6 Å². The van der Waals surface area contributed by atoms with Crippen molar-refractivity contribution in [2.75, 3.05) is 7.11 Å². The maximum absolute atomic E-state index is 13.6. The van der Waals surface area contributed by atoms with Gasteiger partial charge in [-0.3, -0.25) is 14.3 Å². The number of pyridine rings is 1. The largest absolute Gasteiger partial charge is 0.480 e. The lowest BCUT2D eigenvalue weighted by atomic mass is 10.0. The molecule has 140 valence electrons. The number of ether oxygens (including phenoxy) is 1. The first-order valence-electron chi connectivity index (χ1n) is 8.96. The first-order valence-corrected chi connectivity index (χ1v) is 8.96. The van der Waals surface area contributed by atoms with Gasteiger partial charge >= 0.3 is 0 Å². The van der Waals surface area contributed by atoms with Crippen molar-refractivity contribution in [2.45, 2.75) is 13.0 Å². The minimum Gasteiger partial charge on any atom is -0.480 e. The van der Waals surface area contributed by atoms with Gasteiger partial charge in [0.2, 0.25) is 5.88 Å². The zero-order chi connectivity index (χ0) is 19.7. The monoisotopic (exact) mass is 372 g/mol. The fourth-order valence-electron chi connectivity index (χ4n) is 3.35. The van der Waals surface area contributed by atoms with E-state index in [1.807, 2.05) is 61.5 Å². The second-order valence-electron chi connectivity index (χ2n) is 6.55. The number of fused-ring (bicyclic) bond motifs is 1. The predicted molar refractivity (Wildman–Crippen MR) is 110 cm³/mol. The van der Waals surface area contributed by atoms with E-state index in [1.165, 1.54) is 13.3 Å². The molecule has 6 nitrogen and oxygen atoms in total. The van der Waals surface area contributed by atoms with Gasteiger partial charge in [0.25, 0.3) is 5.56 Å². The van der Waals surface area contributed by atoms with E-state index in [2.05, 4.69) is 9.97 Å². The van der Waals surface area contributed by atoms with E-state index in [0.29, 0.717) is 22.5 Å². The normalized spacial score (nSPS) is 12.1. The molecule has 0 radical (unpaired) electrons. The smallest absolute Gasteiger partial charge is 0.263 e. The third kappa shape index (κ3) is 3.04. The molecular formula is C22H20N4O2. The Morgan fingerprint density at radius 1 is 1.07 bits per heavy atom. The average Bonchev–Trinajstić information content (AvgIpc) is 2.73. The quantitative estimate of drug-likeness (QED) is 0.593. The Morgan fingerprint density at radius 2 is 1.86 bits per heavy atom. The Bertz CT molecular complexity index is 1200. The van der Waals surface area contributed by atoms with Crippen molar-refractivity contribution in [3.63, 3.8) is 0 Å². The number of hydrogen-bond donors (Lipinski definition) is 1. The first-order chi connectivity index (χ1) is 13.6. The van der Waals surface area contributed by atoms with E-state index < -0.39 is 0 Å². The number of nitrogens with two attached hydrogens (primary N) is 1. The fourth-order valence-corrected chi connectivity index (χ4v) is 3.35. The number of para-hydroxylation sites is 1. The van der Waals surface area contributed by atoms with Gasteiger partial charge in [0.1, 0.15) is 0 Å². The average molecular weight is 372 g/mol. The number of nitrogens with zero attached hydrogens (tertiary/aromatic N) is 3. The highest BCUT2D eigenvalue weighted by atomic mass is 16.5. The molecule has 0 aliphatic heterocycles. The number of rotatable bonds is 4. The van der Waals surface area contributed by atoms with Crippen LogP contribution in [0, 0.1) is 0 Å². The molecule has 0 fully saturated rings. The Morgan fingerprint density at radius 3 is 2.57 bits per heavy atom. The summed E-state index contributed by atoms with van der Waals surface area (Å²) in [6, 6.07) is 16.8. The topological polar surface area (TPSA) is 83.0 Å². The maximum Gasteiger partial charge on any atom is 0.263 e. The van der Waals surface area contributed by atoms with Gasteiger partial charge < -0.3 is 10.5 Å². The molecule has 0 saturated carbocycles. The van der Waals surface area contributed by atoms with Crippen LogP contribution >= 0.6 is 0 Å². The zero-order valence-corrected chi connectivity index (χ0v) is 15.7. The highest BCUT2D eigenvalue weighted by Crippen LogP contribution is 2.28. The van der Waals surface area contributed by atoms with E-state index in [0.717, 1.165) is 16.8 Å². The maximum atomic E-state index is 13.6. The third-order valence-corrected chi connectivity index (χ3v) is 4.65. The van der Waals surface area contributed by atoms with Crippen LogP contribution in [0.4, 0.5) is 0 Å². The van der Waals surface area contributed by atoms with Crippen LogP contribution in [0.25, 0.3) is 27.7 Å². The molecule has 2 aromatic heterocycles. The van der Waals surface area contributed by atoms with Crippen molar-refractivity contribution in [3.8, 4) is 22.8 Å². The van der Waals surface area contributed by atoms with Crippen molar-refractivity contribution < 1.29 is 4.74 Å². The van der Waals surface area contributed by atoms with Crippen molar-refractivity contribution in [3.05, 3.63) is 83.0 Å². The van der Waals surface area contributed by atoms with Crippen LogP contribution < -0.4 is 16.0 Å². The molecule has 28 heavy (non-hydrogen) atoms. The molecule has 4 aromatic rings. The zero-order valence-electron chi connectivity index (χ0n) is 15.7. The molecule has 0 bridgehead atoms. The molecule has 2 aromatic carbocycles. The molecule has 2 N–H and O–H groups in total. The molecule has 2 heterocycles. The molecule has 0 aliphatic rings. The van der Waals surface area contributed by atoms with E-state index in [1.54, 1.807) is 10.8 Å². The minimum atomic E-state index is -0.308. The molecule has 1 atom stereocenters. The Balaban J connectivity index is 2.09. The molecule has 0 spiro atoms. The van der Waals surface area contributed by atoms with Crippen LogP contribution in [0.1, 0.15) is 18.7 Å².